The lowest BCUT2D eigenvalue weighted by molar-refractivity contribution is 0.483. The molecule has 0 aliphatic carbocycles. The zero-order valence-corrected chi connectivity index (χ0v) is 38.0. The van der Waals surface area contributed by atoms with Gasteiger partial charge in [0.05, 0.1) is 28.1 Å². The molecule has 4 heterocycles. The van der Waals surface area contributed by atoms with Gasteiger partial charge in [0.1, 0.15) is 24.0 Å². The Hall–Kier alpha value is -7.83. The van der Waals surface area contributed by atoms with E-state index in [-0.39, 0.29) is 12.1 Å². The third kappa shape index (κ3) is 6.42. The fraction of sp³-hybridized carbons (Fsp3) is 0.117. The summed E-state index contributed by atoms with van der Waals surface area (Å²) in [5.74, 6) is 2.46. The summed E-state index contributed by atoms with van der Waals surface area (Å²) < 4.78 is 9.28. The monoisotopic (exact) mass is 852 g/mol. The van der Waals surface area contributed by atoms with E-state index in [1.807, 2.05) is 6.20 Å². The van der Waals surface area contributed by atoms with Crippen LogP contribution >= 0.6 is 0 Å². The largest absolute Gasteiger partial charge is 0.457 e. The number of benzene rings is 8. The summed E-state index contributed by atoms with van der Waals surface area (Å²) in [7, 11) is 0. The SMILES string of the molecule is Cc1cccc(C)c1B1c2ccc(Oc3ccc4c5ccccc5n(-c5cc(C(C)(C)C)ccn5)c4c3)cc2N2CN(c3c(-c4ccccc4)cccc3-c3ccccc3)c3cccc1c32. The molecule has 8 aromatic carbocycles. The fourth-order valence-corrected chi connectivity index (χ4v) is 10.7. The highest BCUT2D eigenvalue weighted by molar-refractivity contribution is 6.98. The molecule has 10 aromatic rings. The molecule has 2 aliphatic rings. The van der Waals surface area contributed by atoms with Crippen molar-refractivity contribution in [3.8, 4) is 39.6 Å². The summed E-state index contributed by atoms with van der Waals surface area (Å²) in [6.07, 6.45) is 1.93. The highest BCUT2D eigenvalue weighted by Crippen LogP contribution is 2.51. The molecular formula is C60H49BN4O. The Morgan fingerprint density at radius 2 is 1.14 bits per heavy atom. The quantitative estimate of drug-likeness (QED) is 0.150. The van der Waals surface area contributed by atoms with E-state index in [0.717, 1.165) is 39.4 Å². The summed E-state index contributed by atoms with van der Waals surface area (Å²) in [5, 5.41) is 2.35. The lowest BCUT2D eigenvalue weighted by Gasteiger charge is -2.34. The van der Waals surface area contributed by atoms with Gasteiger partial charge in [-0.25, -0.2) is 4.98 Å². The number of anilines is 4. The van der Waals surface area contributed by atoms with E-state index in [0.29, 0.717) is 6.67 Å². The van der Waals surface area contributed by atoms with Gasteiger partial charge >= 0.3 is 0 Å². The van der Waals surface area contributed by atoms with Gasteiger partial charge in [-0.05, 0) is 89.3 Å². The van der Waals surface area contributed by atoms with Gasteiger partial charge < -0.3 is 14.5 Å². The van der Waals surface area contributed by atoms with E-state index >= 15 is 0 Å². The average molecular weight is 853 g/mol. The highest BCUT2D eigenvalue weighted by Gasteiger charge is 2.43. The molecule has 318 valence electrons. The molecule has 0 fully saturated rings. The molecule has 0 spiro atoms. The third-order valence-electron chi connectivity index (χ3n) is 13.8. The van der Waals surface area contributed by atoms with E-state index in [9.17, 15) is 0 Å². The van der Waals surface area contributed by atoms with E-state index in [4.69, 9.17) is 9.72 Å². The summed E-state index contributed by atoms with van der Waals surface area (Å²) in [6.45, 7) is 11.9. The summed E-state index contributed by atoms with van der Waals surface area (Å²) in [5.41, 5.74) is 19.5. The zero-order chi connectivity index (χ0) is 44.7. The second-order valence-electron chi connectivity index (χ2n) is 18.9. The van der Waals surface area contributed by atoms with Gasteiger partial charge in [0, 0.05) is 45.9 Å². The number of fused-ring (bicyclic) bond motifs is 5. The van der Waals surface area contributed by atoms with Crippen molar-refractivity contribution in [1.82, 2.24) is 9.55 Å². The highest BCUT2D eigenvalue weighted by atomic mass is 16.5. The first kappa shape index (κ1) is 39.7. The molecular weight excluding hydrogens is 803 g/mol. The van der Waals surface area contributed by atoms with Gasteiger partial charge in [-0.3, -0.25) is 4.57 Å². The molecule has 12 rings (SSSR count). The Morgan fingerprint density at radius 1 is 0.515 bits per heavy atom. The molecule has 0 amide bonds. The number of rotatable bonds is 7. The minimum Gasteiger partial charge on any atom is -0.457 e. The van der Waals surface area contributed by atoms with Gasteiger partial charge in [-0.1, -0.05) is 171 Å². The number of aryl methyl sites for hydroxylation is 2. The van der Waals surface area contributed by atoms with Crippen molar-refractivity contribution in [2.45, 2.75) is 40.0 Å². The molecule has 0 radical (unpaired) electrons. The van der Waals surface area contributed by atoms with Crippen LogP contribution in [0.15, 0.2) is 194 Å². The van der Waals surface area contributed by atoms with Crippen molar-refractivity contribution in [2.24, 2.45) is 0 Å². The Balaban J connectivity index is 1.02. The lowest BCUT2D eigenvalue weighted by Crippen LogP contribution is -2.58. The van der Waals surface area contributed by atoms with Crippen LogP contribution in [-0.4, -0.2) is 22.9 Å². The van der Waals surface area contributed by atoms with Crippen LogP contribution in [0.1, 0.15) is 37.5 Å². The second kappa shape index (κ2) is 15.4. The first-order valence-electron chi connectivity index (χ1n) is 23.0. The number of nitrogens with zero attached hydrogens (tertiary/aromatic N) is 4. The predicted octanol–water partition coefficient (Wildman–Crippen LogP) is 13.3. The molecule has 5 nitrogen and oxygen atoms in total. The summed E-state index contributed by atoms with van der Waals surface area (Å²) in [6, 6.07) is 68.2. The van der Waals surface area contributed by atoms with Gasteiger partial charge in [-0.15, -0.1) is 0 Å². The normalized spacial score (nSPS) is 13.1. The Morgan fingerprint density at radius 3 is 1.86 bits per heavy atom. The second-order valence-corrected chi connectivity index (χ2v) is 18.9. The topological polar surface area (TPSA) is 33.5 Å². The molecule has 2 aliphatic heterocycles. The van der Waals surface area contributed by atoms with Crippen molar-refractivity contribution in [1.29, 1.82) is 0 Å². The van der Waals surface area contributed by atoms with Crippen LogP contribution in [-0.2, 0) is 5.41 Å². The summed E-state index contributed by atoms with van der Waals surface area (Å²) >= 11 is 0. The van der Waals surface area contributed by atoms with Crippen LogP contribution in [0, 0.1) is 13.8 Å². The molecule has 6 heteroatoms. The Kier molecular flexibility index (Phi) is 9.28. The maximum Gasteiger partial charge on any atom is 0.247 e. The number of pyridine rings is 1. The maximum atomic E-state index is 7.00. The van der Waals surface area contributed by atoms with Crippen molar-refractivity contribution < 1.29 is 4.74 Å². The van der Waals surface area contributed by atoms with Crippen LogP contribution < -0.4 is 30.9 Å². The molecule has 0 unspecified atom stereocenters. The van der Waals surface area contributed by atoms with Gasteiger partial charge in [0.25, 0.3) is 0 Å². The van der Waals surface area contributed by atoms with E-state index < -0.39 is 0 Å². The number of hydrogen-bond acceptors (Lipinski definition) is 4. The van der Waals surface area contributed by atoms with Crippen molar-refractivity contribution in [2.75, 3.05) is 16.5 Å². The smallest absolute Gasteiger partial charge is 0.247 e. The molecule has 2 aromatic heterocycles. The zero-order valence-electron chi connectivity index (χ0n) is 38.0. The van der Waals surface area contributed by atoms with E-state index in [1.165, 1.54) is 77.8 Å². The molecule has 0 atom stereocenters. The van der Waals surface area contributed by atoms with Crippen LogP contribution in [0.5, 0.6) is 11.5 Å². The average Bonchev–Trinajstić information content (AvgIpc) is 3.89. The molecule has 0 saturated carbocycles. The number of ether oxygens (including phenoxy) is 1. The van der Waals surface area contributed by atoms with E-state index in [2.05, 4.69) is 237 Å². The number of aromatic nitrogens is 2. The first-order valence-corrected chi connectivity index (χ1v) is 23.0. The van der Waals surface area contributed by atoms with Gasteiger partial charge in [0.2, 0.25) is 6.71 Å². The lowest BCUT2D eigenvalue weighted by atomic mass is 9.34. The van der Waals surface area contributed by atoms with Crippen LogP contribution in [0.3, 0.4) is 0 Å². The van der Waals surface area contributed by atoms with Gasteiger partial charge in [-0.2, -0.15) is 0 Å². The summed E-state index contributed by atoms with van der Waals surface area (Å²) in [4.78, 5) is 10.0. The maximum absolute atomic E-state index is 7.00. The fourth-order valence-electron chi connectivity index (χ4n) is 10.7. The third-order valence-corrected chi connectivity index (χ3v) is 13.8. The first-order chi connectivity index (χ1) is 32.2. The van der Waals surface area contributed by atoms with Crippen LogP contribution in [0.2, 0.25) is 0 Å². The van der Waals surface area contributed by atoms with Crippen LogP contribution in [0.25, 0.3) is 49.9 Å². The van der Waals surface area contributed by atoms with Crippen molar-refractivity contribution in [3.05, 3.63) is 211 Å². The van der Waals surface area contributed by atoms with Crippen LogP contribution in [0.4, 0.5) is 22.7 Å². The van der Waals surface area contributed by atoms with Gasteiger partial charge in [0.15, 0.2) is 0 Å². The number of hydrogen-bond donors (Lipinski definition) is 0. The molecule has 0 bridgehead atoms. The minimum absolute atomic E-state index is 0.0167. The molecule has 0 saturated heterocycles. The molecule has 0 N–H and O–H groups in total. The number of para-hydroxylation sites is 3. The predicted molar refractivity (Wildman–Crippen MR) is 277 cm³/mol. The standard InChI is InChI=1S/C60H49BN4O/c1-39-17-14-18-40(2)57(39)61-50-32-30-45(66-44-29-31-49-48-23-12-13-27-52(48)65(54(49)36-44)56-35-43(33-34-62-56)60(3,4)5)37-55(50)64-38-63(53-28-16-26-51(61)59(53)64)58-46(41-19-8-6-9-20-41)24-15-25-47(58)42-21-10-7-11-22-42/h6-37H,38H2,1-5H3. The van der Waals surface area contributed by atoms with Crippen molar-refractivity contribution >= 4 is 67.7 Å². The van der Waals surface area contributed by atoms with E-state index in [1.54, 1.807) is 0 Å². The van der Waals surface area contributed by atoms with Crippen molar-refractivity contribution in [3.63, 3.8) is 0 Å². The Labute approximate surface area is 387 Å². The Bertz CT molecular complexity index is 3440. The molecule has 66 heavy (non-hydrogen) atoms. The minimum atomic E-state index is -0.0167.